The number of aromatic amines is 1. The van der Waals surface area contributed by atoms with Gasteiger partial charge in [-0.1, -0.05) is 41.9 Å². The first kappa shape index (κ1) is 22.8. The minimum absolute atomic E-state index is 0.338. The Balaban J connectivity index is 1.45. The van der Waals surface area contributed by atoms with Crippen molar-refractivity contribution in [2.45, 2.75) is 12.3 Å². The fraction of sp³-hybridized carbons (Fsp3) is 0.0741. The second-order valence-corrected chi connectivity index (χ2v) is 9.07. The Bertz CT molecular complexity index is 1700. The van der Waals surface area contributed by atoms with Crippen LogP contribution in [0, 0.1) is 5.82 Å². The third-order valence-electron chi connectivity index (χ3n) is 6.26. The predicted molar refractivity (Wildman–Crippen MR) is 135 cm³/mol. The number of fused-ring (bicyclic) bond motifs is 1. The van der Waals surface area contributed by atoms with E-state index in [4.69, 9.17) is 16.6 Å². The highest BCUT2D eigenvalue weighted by Gasteiger charge is 2.29. The summed E-state index contributed by atoms with van der Waals surface area (Å²) in [6.45, 7) is 0. The van der Waals surface area contributed by atoms with E-state index < -0.39 is 0 Å². The van der Waals surface area contributed by atoms with E-state index in [0.29, 0.717) is 45.2 Å². The quantitative estimate of drug-likeness (QED) is 0.244. The first-order valence-corrected chi connectivity index (χ1v) is 11.9. The normalized spacial score (nSPS) is 12.2. The molecule has 0 amide bonds. The topological polar surface area (TPSA) is 96.4 Å². The minimum Gasteiger partial charge on any atom is -0.341 e. The van der Waals surface area contributed by atoms with Crippen molar-refractivity contribution in [2.75, 3.05) is 0 Å². The molecule has 3 heterocycles. The molecule has 3 aromatic heterocycles. The average molecular weight is 513 g/mol. The summed E-state index contributed by atoms with van der Waals surface area (Å²) in [5.41, 5.74) is 5.09. The Morgan fingerprint density at radius 2 is 1.89 bits per heavy atom. The van der Waals surface area contributed by atoms with Crippen LogP contribution in [0.1, 0.15) is 23.0 Å². The first-order valence-electron chi connectivity index (χ1n) is 11.5. The van der Waals surface area contributed by atoms with Gasteiger partial charge in [-0.05, 0) is 64.9 Å². The number of hydrogen-bond acceptors (Lipinski definition) is 5. The highest BCUT2D eigenvalue weighted by atomic mass is 35.5. The van der Waals surface area contributed by atoms with Gasteiger partial charge in [0, 0.05) is 21.4 Å². The molecule has 6 rings (SSSR count). The van der Waals surface area contributed by atoms with Crippen LogP contribution in [0.3, 0.4) is 0 Å². The first-order chi connectivity index (χ1) is 18.0. The smallest absolute Gasteiger partial charge is 0.245 e. The summed E-state index contributed by atoms with van der Waals surface area (Å²) < 4.78 is 16.5. The van der Waals surface area contributed by atoms with Gasteiger partial charge in [-0.2, -0.15) is 4.68 Å². The predicted octanol–water partition coefficient (Wildman–Crippen LogP) is 4.90. The molecule has 37 heavy (non-hydrogen) atoms. The summed E-state index contributed by atoms with van der Waals surface area (Å²) in [6.07, 6.45) is 3.68. The Kier molecular flexibility index (Phi) is 5.82. The molecule has 0 aliphatic heterocycles. The number of pyridine rings is 1. The molecule has 8 nitrogen and oxygen atoms in total. The lowest BCUT2D eigenvalue weighted by Gasteiger charge is -2.13. The zero-order valence-electron chi connectivity index (χ0n) is 19.3. The molecule has 6 aromatic rings. The van der Waals surface area contributed by atoms with Crippen molar-refractivity contribution >= 4 is 22.6 Å². The van der Waals surface area contributed by atoms with Crippen LogP contribution in [-0.4, -0.2) is 35.4 Å². The number of nitrogens with zero attached hydrogens (tertiary/aromatic N) is 6. The lowest BCUT2D eigenvalue weighted by atomic mass is 9.94. The zero-order valence-corrected chi connectivity index (χ0v) is 20.1. The number of benzene rings is 3. The third kappa shape index (κ3) is 4.52. The van der Waals surface area contributed by atoms with Gasteiger partial charge in [-0.25, -0.2) is 9.37 Å². The van der Waals surface area contributed by atoms with Gasteiger partial charge < -0.3 is 4.98 Å². The maximum Gasteiger partial charge on any atom is 0.245 e. The maximum atomic E-state index is 13.8. The van der Waals surface area contributed by atoms with Crippen molar-refractivity contribution in [3.05, 3.63) is 119 Å². The number of imidazole rings is 1. The molecule has 0 bridgehead atoms. The van der Waals surface area contributed by atoms with Crippen LogP contribution in [0.4, 0.5) is 4.39 Å². The largest absolute Gasteiger partial charge is 0.341 e. The lowest BCUT2D eigenvalue weighted by Crippen LogP contribution is -2.37. The summed E-state index contributed by atoms with van der Waals surface area (Å²) >= 11 is 6.30. The summed E-state index contributed by atoms with van der Waals surface area (Å²) in [4.78, 5) is 7.96. The van der Waals surface area contributed by atoms with Crippen molar-refractivity contribution in [2.24, 2.45) is 0 Å². The van der Waals surface area contributed by atoms with E-state index in [-0.39, 0.29) is 11.7 Å². The minimum atomic E-state index is -0.344. The summed E-state index contributed by atoms with van der Waals surface area (Å²) in [7, 11) is 0. The van der Waals surface area contributed by atoms with Crippen LogP contribution < -0.4 is 4.73 Å². The van der Waals surface area contributed by atoms with E-state index in [2.05, 4.69) is 20.5 Å². The van der Waals surface area contributed by atoms with Gasteiger partial charge in [-0.3, -0.25) is 5.21 Å². The van der Waals surface area contributed by atoms with E-state index in [1.54, 1.807) is 24.4 Å². The van der Waals surface area contributed by atoms with Crippen LogP contribution in [0.2, 0.25) is 5.02 Å². The van der Waals surface area contributed by atoms with E-state index in [9.17, 15) is 9.60 Å². The second kappa shape index (κ2) is 9.44. The zero-order chi connectivity index (χ0) is 25.4. The van der Waals surface area contributed by atoms with Crippen molar-refractivity contribution in [1.29, 1.82) is 0 Å². The summed E-state index contributed by atoms with van der Waals surface area (Å²) in [5.74, 6) is -0.0591. The fourth-order valence-electron chi connectivity index (χ4n) is 4.50. The number of nitrogens with one attached hydrogen (secondary N) is 1. The van der Waals surface area contributed by atoms with Gasteiger partial charge in [0.15, 0.2) is 0 Å². The van der Waals surface area contributed by atoms with E-state index in [1.807, 2.05) is 48.5 Å². The number of hydrogen-bond donors (Lipinski definition) is 2. The van der Waals surface area contributed by atoms with Crippen LogP contribution in [-0.2, 0) is 6.42 Å². The van der Waals surface area contributed by atoms with Gasteiger partial charge in [0.1, 0.15) is 23.9 Å². The van der Waals surface area contributed by atoms with Gasteiger partial charge in [0.25, 0.3) is 0 Å². The molecule has 1 unspecified atom stereocenters. The van der Waals surface area contributed by atoms with Crippen LogP contribution in [0.25, 0.3) is 27.8 Å². The van der Waals surface area contributed by atoms with Gasteiger partial charge >= 0.3 is 0 Å². The molecule has 0 aliphatic carbocycles. The number of aromatic nitrogens is 7. The Labute approximate surface area is 215 Å². The molecule has 3 aromatic carbocycles. The molecule has 0 fully saturated rings. The Hall–Kier alpha value is -4.63. The van der Waals surface area contributed by atoms with Crippen LogP contribution in [0.5, 0.6) is 0 Å². The van der Waals surface area contributed by atoms with E-state index in [1.165, 1.54) is 23.1 Å². The number of halogens is 2. The lowest BCUT2D eigenvalue weighted by molar-refractivity contribution is -0.909. The van der Waals surface area contributed by atoms with Gasteiger partial charge in [0.05, 0.1) is 22.3 Å². The number of tetrazole rings is 1. The van der Waals surface area contributed by atoms with Gasteiger partial charge in [0.2, 0.25) is 11.9 Å². The number of rotatable bonds is 6. The van der Waals surface area contributed by atoms with Crippen LogP contribution >= 0.6 is 11.6 Å². The molecule has 1 atom stereocenters. The fourth-order valence-corrected chi connectivity index (χ4v) is 4.68. The highest BCUT2D eigenvalue weighted by Crippen LogP contribution is 2.31. The molecule has 0 radical (unpaired) electrons. The molecule has 0 saturated heterocycles. The molecule has 2 N–H and O–H groups in total. The monoisotopic (exact) mass is 512 g/mol. The molecular weight excluding hydrogens is 493 g/mol. The number of H-pyrrole nitrogens is 1. The molecule has 0 saturated carbocycles. The second-order valence-electron chi connectivity index (χ2n) is 8.63. The Morgan fingerprint density at radius 1 is 1.03 bits per heavy atom. The summed E-state index contributed by atoms with van der Waals surface area (Å²) in [6, 6.07) is 23.5. The molecule has 10 heteroatoms. The third-order valence-corrected chi connectivity index (χ3v) is 6.49. The molecular formula is C27H20ClFN7O+. The molecule has 0 spiro atoms. The van der Waals surface area contributed by atoms with Crippen LogP contribution in [0.15, 0.2) is 91.4 Å². The molecule has 182 valence electrons. The van der Waals surface area contributed by atoms with E-state index in [0.717, 1.165) is 15.9 Å². The summed E-state index contributed by atoms with van der Waals surface area (Å²) in [5, 5.41) is 23.2. The average Bonchev–Trinajstić information content (AvgIpc) is 3.58. The SMILES string of the molecule is O[n+]1cc(-c2cc(Cl)ccc2-n2cnnn2)ccc1C(Cc1ccccc1)c1nc2ccc(F)cc2[nH]1. The maximum absolute atomic E-state index is 13.8. The Morgan fingerprint density at radius 3 is 2.68 bits per heavy atom. The standard InChI is InChI=1S/C27H20ClFN7O/c28-19-7-11-25(35-16-30-33-34-35)21(13-19)18-6-10-26(36(37)15-18)22(12-17-4-2-1-3-5-17)27-31-23-9-8-20(29)14-24(23)32-27/h1-11,13-16,22,37H,12H2,(H,31,32)/q+1. The van der Waals surface area contributed by atoms with Crippen molar-refractivity contribution in [3.8, 4) is 16.8 Å². The highest BCUT2D eigenvalue weighted by molar-refractivity contribution is 6.31. The van der Waals surface area contributed by atoms with Crippen molar-refractivity contribution in [1.82, 2.24) is 30.2 Å². The van der Waals surface area contributed by atoms with E-state index >= 15 is 0 Å². The van der Waals surface area contributed by atoms with Crippen molar-refractivity contribution in [3.63, 3.8) is 0 Å². The van der Waals surface area contributed by atoms with Gasteiger partial charge in [-0.15, -0.1) is 5.10 Å². The van der Waals surface area contributed by atoms with Crippen molar-refractivity contribution < 1.29 is 14.3 Å². The molecule has 0 aliphatic rings.